The molecule has 1 aliphatic heterocycles. The third-order valence-corrected chi connectivity index (χ3v) is 5.36. The average molecular weight is 304 g/mol. The van der Waals surface area contributed by atoms with Crippen molar-refractivity contribution in [2.45, 2.75) is 18.6 Å². The van der Waals surface area contributed by atoms with E-state index in [1.807, 2.05) is 24.3 Å². The van der Waals surface area contributed by atoms with Crippen LogP contribution in [0.3, 0.4) is 0 Å². The lowest BCUT2D eigenvalue weighted by Gasteiger charge is -2.15. The van der Waals surface area contributed by atoms with Crippen molar-refractivity contribution in [1.29, 1.82) is 0 Å². The average Bonchev–Trinajstić information content (AvgIpc) is 2.75. The first-order valence-electron chi connectivity index (χ1n) is 5.31. The van der Waals surface area contributed by atoms with E-state index in [4.69, 9.17) is 0 Å². The summed E-state index contributed by atoms with van der Waals surface area (Å²) in [6.45, 7) is 1.35. The summed E-state index contributed by atoms with van der Waals surface area (Å²) in [5, 5.41) is 0. The van der Waals surface area contributed by atoms with Gasteiger partial charge in [0.25, 0.3) is 0 Å². The Hall–Kier alpha value is -0.390. The number of benzene rings is 1. The Bertz CT molecular complexity index is 467. The lowest BCUT2D eigenvalue weighted by atomic mass is 10.2. The second-order valence-electron chi connectivity index (χ2n) is 3.95. The van der Waals surface area contributed by atoms with Crippen LogP contribution in [-0.2, 0) is 15.8 Å². The molecule has 0 bridgehead atoms. The maximum absolute atomic E-state index is 12.1. The smallest absolute Gasteiger partial charge is 0.212 e. The fourth-order valence-corrected chi connectivity index (χ4v) is 4.12. The van der Waals surface area contributed by atoms with Crippen molar-refractivity contribution >= 4 is 26.0 Å². The monoisotopic (exact) mass is 303 g/mol. The van der Waals surface area contributed by atoms with Gasteiger partial charge >= 0.3 is 0 Å². The van der Waals surface area contributed by atoms with Crippen LogP contribution in [0, 0.1) is 0 Å². The summed E-state index contributed by atoms with van der Waals surface area (Å²) in [5.74, 6) is 0.0917. The highest BCUT2D eigenvalue weighted by atomic mass is 79.9. The first-order valence-corrected chi connectivity index (χ1v) is 7.71. The highest BCUT2D eigenvalue weighted by Gasteiger charge is 2.25. The summed E-state index contributed by atoms with van der Waals surface area (Å²) in [5.41, 5.74) is 0.828. The standard InChI is InChI=1S/C11H14BrNO2S/c12-11-6-2-1-5-10(11)9-16(14,15)13-7-3-4-8-13/h1-2,5-6H,3-4,7-9H2. The van der Waals surface area contributed by atoms with E-state index in [9.17, 15) is 8.42 Å². The summed E-state index contributed by atoms with van der Waals surface area (Å²) in [7, 11) is -3.13. The van der Waals surface area contributed by atoms with E-state index < -0.39 is 10.0 Å². The molecule has 0 spiro atoms. The second-order valence-corrected chi connectivity index (χ2v) is 6.78. The SMILES string of the molecule is O=S(=O)(Cc1ccccc1Br)N1CCCC1. The molecule has 0 saturated carbocycles. The van der Waals surface area contributed by atoms with Crippen LogP contribution in [0.4, 0.5) is 0 Å². The van der Waals surface area contributed by atoms with Gasteiger partial charge in [-0.15, -0.1) is 0 Å². The van der Waals surface area contributed by atoms with Crippen molar-refractivity contribution in [3.05, 3.63) is 34.3 Å². The molecule has 3 nitrogen and oxygen atoms in total. The van der Waals surface area contributed by atoms with E-state index in [0.717, 1.165) is 22.9 Å². The van der Waals surface area contributed by atoms with Crippen molar-refractivity contribution in [3.63, 3.8) is 0 Å². The maximum atomic E-state index is 12.1. The molecular weight excluding hydrogens is 290 g/mol. The molecule has 0 radical (unpaired) electrons. The van der Waals surface area contributed by atoms with Crippen LogP contribution in [0.2, 0.25) is 0 Å². The lowest BCUT2D eigenvalue weighted by Crippen LogP contribution is -2.29. The zero-order valence-corrected chi connectivity index (χ0v) is 11.3. The van der Waals surface area contributed by atoms with E-state index in [1.54, 1.807) is 4.31 Å². The van der Waals surface area contributed by atoms with Crippen molar-refractivity contribution in [2.75, 3.05) is 13.1 Å². The summed E-state index contributed by atoms with van der Waals surface area (Å²) in [6.07, 6.45) is 1.96. The fourth-order valence-electron chi connectivity index (χ4n) is 1.87. The molecule has 1 aliphatic rings. The van der Waals surface area contributed by atoms with Crippen LogP contribution in [0.5, 0.6) is 0 Å². The van der Waals surface area contributed by atoms with Gasteiger partial charge in [-0.05, 0) is 24.5 Å². The molecule has 5 heteroatoms. The molecule has 1 saturated heterocycles. The number of sulfonamides is 1. The summed E-state index contributed by atoms with van der Waals surface area (Å²) < 4.78 is 26.6. The predicted octanol–water partition coefficient (Wildman–Crippen LogP) is 2.37. The molecule has 0 N–H and O–H groups in total. The van der Waals surface area contributed by atoms with Crippen LogP contribution in [0.1, 0.15) is 18.4 Å². The molecule has 0 aromatic heterocycles. The summed E-state index contributed by atoms with van der Waals surface area (Å²) in [4.78, 5) is 0. The van der Waals surface area contributed by atoms with Crippen molar-refractivity contribution < 1.29 is 8.42 Å². The zero-order chi connectivity index (χ0) is 11.6. The highest BCUT2D eigenvalue weighted by molar-refractivity contribution is 9.10. The Labute approximate surface area is 105 Å². The van der Waals surface area contributed by atoms with Crippen LogP contribution >= 0.6 is 15.9 Å². The first-order chi connectivity index (χ1) is 7.59. The van der Waals surface area contributed by atoms with Crippen molar-refractivity contribution in [3.8, 4) is 0 Å². The van der Waals surface area contributed by atoms with E-state index in [2.05, 4.69) is 15.9 Å². The van der Waals surface area contributed by atoms with E-state index >= 15 is 0 Å². The number of hydrogen-bond acceptors (Lipinski definition) is 2. The lowest BCUT2D eigenvalue weighted by molar-refractivity contribution is 0.476. The maximum Gasteiger partial charge on any atom is 0.218 e. The number of nitrogens with zero attached hydrogens (tertiary/aromatic N) is 1. The molecule has 88 valence electrons. The number of halogens is 1. The van der Waals surface area contributed by atoms with Crippen LogP contribution in [0.15, 0.2) is 28.7 Å². The molecule has 1 fully saturated rings. The van der Waals surface area contributed by atoms with Crippen molar-refractivity contribution in [2.24, 2.45) is 0 Å². The van der Waals surface area contributed by atoms with Gasteiger partial charge in [0.2, 0.25) is 10.0 Å². The molecule has 1 aromatic carbocycles. The number of hydrogen-bond donors (Lipinski definition) is 0. The van der Waals surface area contributed by atoms with Gasteiger partial charge in [-0.2, -0.15) is 0 Å². The molecule has 16 heavy (non-hydrogen) atoms. The van der Waals surface area contributed by atoms with Gasteiger partial charge in [0.05, 0.1) is 5.75 Å². The minimum atomic E-state index is -3.13. The second kappa shape index (κ2) is 4.85. The Morgan fingerprint density at radius 1 is 1.19 bits per heavy atom. The molecule has 0 atom stereocenters. The van der Waals surface area contributed by atoms with Crippen LogP contribution < -0.4 is 0 Å². The van der Waals surface area contributed by atoms with Crippen LogP contribution in [0.25, 0.3) is 0 Å². The molecule has 1 heterocycles. The molecule has 0 aliphatic carbocycles. The Kier molecular flexibility index (Phi) is 3.66. The normalized spacial score (nSPS) is 17.8. The number of rotatable bonds is 3. The van der Waals surface area contributed by atoms with Gasteiger partial charge < -0.3 is 0 Å². The minimum absolute atomic E-state index is 0.0917. The third kappa shape index (κ3) is 2.64. The van der Waals surface area contributed by atoms with Gasteiger partial charge in [0.15, 0.2) is 0 Å². The van der Waals surface area contributed by atoms with Gasteiger partial charge in [-0.1, -0.05) is 34.1 Å². The fraction of sp³-hybridized carbons (Fsp3) is 0.455. The molecule has 0 unspecified atom stereocenters. The Morgan fingerprint density at radius 3 is 2.44 bits per heavy atom. The minimum Gasteiger partial charge on any atom is -0.212 e. The molecule has 1 aromatic rings. The third-order valence-electron chi connectivity index (χ3n) is 2.75. The zero-order valence-electron chi connectivity index (χ0n) is 8.89. The van der Waals surface area contributed by atoms with Gasteiger partial charge in [0, 0.05) is 17.6 Å². The topological polar surface area (TPSA) is 37.4 Å². The molecule has 0 amide bonds. The van der Waals surface area contributed by atoms with Gasteiger partial charge in [-0.3, -0.25) is 0 Å². The van der Waals surface area contributed by atoms with Crippen molar-refractivity contribution in [1.82, 2.24) is 4.31 Å². The summed E-state index contributed by atoms with van der Waals surface area (Å²) >= 11 is 3.37. The van der Waals surface area contributed by atoms with E-state index in [1.165, 1.54) is 0 Å². The summed E-state index contributed by atoms with van der Waals surface area (Å²) in [6, 6.07) is 7.46. The molecular formula is C11H14BrNO2S. The Balaban J connectivity index is 2.18. The first kappa shape index (κ1) is 12.1. The van der Waals surface area contributed by atoms with E-state index in [-0.39, 0.29) is 5.75 Å². The Morgan fingerprint density at radius 2 is 1.81 bits per heavy atom. The van der Waals surface area contributed by atoms with E-state index in [0.29, 0.717) is 13.1 Å². The quantitative estimate of drug-likeness (QED) is 0.860. The largest absolute Gasteiger partial charge is 0.218 e. The highest BCUT2D eigenvalue weighted by Crippen LogP contribution is 2.22. The molecule has 2 rings (SSSR count). The predicted molar refractivity (Wildman–Crippen MR) is 67.6 cm³/mol. The van der Waals surface area contributed by atoms with Gasteiger partial charge in [-0.25, -0.2) is 12.7 Å². The van der Waals surface area contributed by atoms with Crippen LogP contribution in [-0.4, -0.2) is 25.8 Å². The van der Waals surface area contributed by atoms with Gasteiger partial charge in [0.1, 0.15) is 0 Å².